The molecule has 1 N–H and O–H groups in total. The second-order valence-corrected chi connectivity index (χ2v) is 4.65. The first kappa shape index (κ1) is 8.55. The van der Waals surface area contributed by atoms with E-state index in [2.05, 4.69) is 12.2 Å². The molecule has 1 heteroatoms. The molecular formula is C11H21N. The van der Waals surface area contributed by atoms with Crippen molar-refractivity contribution in [2.24, 2.45) is 5.92 Å². The number of hydrogen-bond donors (Lipinski definition) is 1. The third-order valence-electron chi connectivity index (χ3n) is 3.63. The normalized spacial score (nSPS) is 38.8. The molecule has 1 nitrogen and oxygen atoms in total. The predicted molar refractivity (Wildman–Crippen MR) is 52.2 cm³/mol. The van der Waals surface area contributed by atoms with Crippen molar-refractivity contribution < 1.29 is 0 Å². The zero-order valence-corrected chi connectivity index (χ0v) is 8.18. The van der Waals surface area contributed by atoms with E-state index in [1.165, 1.54) is 44.9 Å². The molecule has 0 unspecified atom stereocenters. The molecule has 2 rings (SSSR count). The van der Waals surface area contributed by atoms with E-state index in [9.17, 15) is 0 Å². The van der Waals surface area contributed by atoms with Crippen molar-refractivity contribution in [3.63, 3.8) is 0 Å². The molecule has 0 spiro atoms. The van der Waals surface area contributed by atoms with Gasteiger partial charge in [-0.05, 0) is 38.5 Å². The first-order chi connectivity index (χ1) is 5.86. The summed E-state index contributed by atoms with van der Waals surface area (Å²) in [6.07, 6.45) is 10.3. The Morgan fingerprint density at radius 2 is 1.67 bits per heavy atom. The Hall–Kier alpha value is -0.0400. The second kappa shape index (κ2) is 3.78. The molecule has 12 heavy (non-hydrogen) atoms. The molecule has 0 amide bonds. The third kappa shape index (κ3) is 1.82. The van der Waals surface area contributed by atoms with Crippen LogP contribution in [0.4, 0.5) is 0 Å². The first-order valence-corrected chi connectivity index (χ1v) is 5.62. The van der Waals surface area contributed by atoms with Crippen molar-refractivity contribution in [1.29, 1.82) is 0 Å². The van der Waals surface area contributed by atoms with E-state index in [0.717, 1.165) is 18.0 Å². The lowest BCUT2D eigenvalue weighted by atomic mass is 9.83. The van der Waals surface area contributed by atoms with Crippen LogP contribution < -0.4 is 5.32 Å². The van der Waals surface area contributed by atoms with Crippen LogP contribution in [0.15, 0.2) is 0 Å². The van der Waals surface area contributed by atoms with Crippen LogP contribution in [0, 0.1) is 5.92 Å². The van der Waals surface area contributed by atoms with Gasteiger partial charge >= 0.3 is 0 Å². The van der Waals surface area contributed by atoms with Gasteiger partial charge in [0, 0.05) is 12.1 Å². The molecule has 2 atom stereocenters. The summed E-state index contributed by atoms with van der Waals surface area (Å²) in [7, 11) is 0. The van der Waals surface area contributed by atoms with Crippen LogP contribution >= 0.6 is 0 Å². The zero-order valence-electron chi connectivity index (χ0n) is 8.18. The summed E-state index contributed by atoms with van der Waals surface area (Å²) in [5, 5.41) is 3.72. The summed E-state index contributed by atoms with van der Waals surface area (Å²) in [6, 6.07) is 1.66. The fourth-order valence-corrected chi connectivity index (χ4v) is 2.87. The van der Waals surface area contributed by atoms with Crippen LogP contribution in [0.25, 0.3) is 0 Å². The zero-order chi connectivity index (χ0) is 8.39. The molecule has 0 bridgehead atoms. The van der Waals surface area contributed by atoms with Crippen LogP contribution in [-0.2, 0) is 0 Å². The van der Waals surface area contributed by atoms with E-state index < -0.39 is 0 Å². The minimum atomic E-state index is 0.789. The first-order valence-electron chi connectivity index (χ1n) is 5.62. The lowest BCUT2D eigenvalue weighted by Gasteiger charge is -2.27. The maximum absolute atomic E-state index is 3.72. The van der Waals surface area contributed by atoms with Crippen LogP contribution in [0.2, 0.25) is 0 Å². The average Bonchev–Trinajstić information content (AvgIpc) is 2.54. The maximum atomic E-state index is 3.72. The molecule has 2 aliphatic rings. The minimum Gasteiger partial charge on any atom is -0.311 e. The topological polar surface area (TPSA) is 12.0 Å². The van der Waals surface area contributed by atoms with Gasteiger partial charge in [0.1, 0.15) is 0 Å². The van der Waals surface area contributed by atoms with Gasteiger partial charge in [-0.2, -0.15) is 0 Å². The Bertz CT molecular complexity index is 135. The standard InChI is InChI=1S/C11H21N/c1-9-7-8-11(12-9)10-5-3-2-4-6-10/h9-12H,2-8H2,1H3/t9-,11-/m0/s1. The van der Waals surface area contributed by atoms with E-state index in [1.54, 1.807) is 0 Å². The Kier molecular flexibility index (Phi) is 2.69. The molecule has 0 aromatic carbocycles. The van der Waals surface area contributed by atoms with Crippen LogP contribution in [0.3, 0.4) is 0 Å². The minimum absolute atomic E-state index is 0.789. The molecular weight excluding hydrogens is 146 g/mol. The average molecular weight is 167 g/mol. The summed E-state index contributed by atoms with van der Waals surface area (Å²) in [5.74, 6) is 1.02. The summed E-state index contributed by atoms with van der Waals surface area (Å²) >= 11 is 0. The van der Waals surface area contributed by atoms with E-state index in [1.807, 2.05) is 0 Å². The highest BCUT2D eigenvalue weighted by atomic mass is 15.0. The molecule has 1 saturated carbocycles. The largest absolute Gasteiger partial charge is 0.311 e. The van der Waals surface area contributed by atoms with Gasteiger partial charge in [-0.15, -0.1) is 0 Å². The van der Waals surface area contributed by atoms with E-state index >= 15 is 0 Å². The molecule has 0 radical (unpaired) electrons. The van der Waals surface area contributed by atoms with Crippen molar-refractivity contribution in [2.75, 3.05) is 0 Å². The van der Waals surface area contributed by atoms with Gasteiger partial charge < -0.3 is 5.32 Å². The second-order valence-electron chi connectivity index (χ2n) is 4.65. The molecule has 70 valence electrons. The Morgan fingerprint density at radius 3 is 2.25 bits per heavy atom. The quantitative estimate of drug-likeness (QED) is 0.633. The molecule has 1 aliphatic carbocycles. The highest BCUT2D eigenvalue weighted by molar-refractivity contribution is 4.87. The summed E-state index contributed by atoms with van der Waals surface area (Å²) < 4.78 is 0. The fraction of sp³-hybridized carbons (Fsp3) is 1.00. The van der Waals surface area contributed by atoms with Gasteiger partial charge in [0.2, 0.25) is 0 Å². The van der Waals surface area contributed by atoms with Crippen LogP contribution in [-0.4, -0.2) is 12.1 Å². The van der Waals surface area contributed by atoms with E-state index in [-0.39, 0.29) is 0 Å². The van der Waals surface area contributed by atoms with Crippen LogP contribution in [0.5, 0.6) is 0 Å². The molecule has 1 heterocycles. The molecule has 2 fully saturated rings. The molecule has 0 aromatic rings. The monoisotopic (exact) mass is 167 g/mol. The number of rotatable bonds is 1. The number of hydrogen-bond acceptors (Lipinski definition) is 1. The van der Waals surface area contributed by atoms with Gasteiger partial charge in [-0.25, -0.2) is 0 Å². The fourth-order valence-electron chi connectivity index (χ4n) is 2.87. The summed E-state index contributed by atoms with van der Waals surface area (Å²) in [5.41, 5.74) is 0. The van der Waals surface area contributed by atoms with Crippen molar-refractivity contribution in [3.8, 4) is 0 Å². The van der Waals surface area contributed by atoms with Crippen molar-refractivity contribution >= 4 is 0 Å². The Balaban J connectivity index is 1.83. The summed E-state index contributed by atoms with van der Waals surface area (Å²) in [4.78, 5) is 0. The van der Waals surface area contributed by atoms with Crippen molar-refractivity contribution in [1.82, 2.24) is 5.32 Å². The molecule has 0 aromatic heterocycles. The van der Waals surface area contributed by atoms with Crippen LogP contribution in [0.1, 0.15) is 51.9 Å². The van der Waals surface area contributed by atoms with Gasteiger partial charge in [-0.1, -0.05) is 19.3 Å². The SMILES string of the molecule is C[C@H]1CC[C@@H](C2CCCCC2)N1. The maximum Gasteiger partial charge on any atom is 0.00983 e. The Morgan fingerprint density at radius 1 is 0.917 bits per heavy atom. The smallest absolute Gasteiger partial charge is 0.00983 e. The van der Waals surface area contributed by atoms with Gasteiger partial charge in [0.05, 0.1) is 0 Å². The van der Waals surface area contributed by atoms with Crippen molar-refractivity contribution in [2.45, 2.75) is 64.0 Å². The lowest BCUT2D eigenvalue weighted by Crippen LogP contribution is -2.34. The Labute approximate surface area is 75.9 Å². The lowest BCUT2D eigenvalue weighted by molar-refractivity contribution is 0.283. The number of nitrogens with one attached hydrogen (secondary N) is 1. The predicted octanol–water partition coefficient (Wildman–Crippen LogP) is 2.71. The van der Waals surface area contributed by atoms with E-state index in [0.29, 0.717) is 0 Å². The van der Waals surface area contributed by atoms with Gasteiger partial charge in [0.25, 0.3) is 0 Å². The van der Waals surface area contributed by atoms with Crippen molar-refractivity contribution in [3.05, 3.63) is 0 Å². The van der Waals surface area contributed by atoms with Gasteiger partial charge in [-0.3, -0.25) is 0 Å². The molecule has 1 saturated heterocycles. The highest BCUT2D eigenvalue weighted by Crippen LogP contribution is 2.31. The van der Waals surface area contributed by atoms with Gasteiger partial charge in [0.15, 0.2) is 0 Å². The summed E-state index contributed by atoms with van der Waals surface area (Å²) in [6.45, 7) is 2.32. The highest BCUT2D eigenvalue weighted by Gasteiger charge is 2.28. The third-order valence-corrected chi connectivity index (χ3v) is 3.63. The molecule has 1 aliphatic heterocycles. The van der Waals surface area contributed by atoms with E-state index in [4.69, 9.17) is 0 Å².